The van der Waals surface area contributed by atoms with Crippen LogP contribution >= 0.6 is 54.5 Å². The molecule has 3 aromatic rings. The molecule has 3 rings (SSSR count). The second-order valence-electron chi connectivity index (χ2n) is 3.48. The Hall–Kier alpha value is -0.0700. The molecule has 0 spiro atoms. The number of furan rings is 1. The molecule has 0 saturated heterocycles. The van der Waals surface area contributed by atoms with Crippen molar-refractivity contribution >= 4 is 76.4 Å². The van der Waals surface area contributed by atoms with Crippen LogP contribution in [0.2, 0.25) is 0 Å². The van der Waals surface area contributed by atoms with E-state index in [0.717, 1.165) is 34.5 Å². The van der Waals surface area contributed by atoms with Crippen molar-refractivity contribution in [2.45, 2.75) is 0 Å². The summed E-state index contributed by atoms with van der Waals surface area (Å²) in [6.45, 7) is 0. The summed E-state index contributed by atoms with van der Waals surface area (Å²) in [5, 5.41) is 2.29. The van der Waals surface area contributed by atoms with Crippen LogP contribution < -0.4 is 0 Å². The first-order valence-corrected chi connectivity index (χ1v) is 7.29. The van der Waals surface area contributed by atoms with Gasteiger partial charge in [-0.25, -0.2) is 0 Å². The third-order valence-corrected chi connectivity index (χ3v) is 4.40. The maximum absolute atomic E-state index is 5.88. The quantitative estimate of drug-likeness (QED) is 0.399. The molecule has 0 atom stereocenters. The molecule has 0 saturated carbocycles. The van der Waals surface area contributed by atoms with Crippen LogP contribution in [0, 0.1) is 3.57 Å². The Morgan fingerprint density at radius 1 is 1.12 bits per heavy atom. The second kappa shape index (κ2) is 3.99. The number of para-hydroxylation sites is 1. The van der Waals surface area contributed by atoms with Crippen molar-refractivity contribution in [3.05, 3.63) is 42.8 Å². The maximum atomic E-state index is 5.88. The molecule has 0 bridgehead atoms. The Labute approximate surface area is 123 Å². The topological polar surface area (TPSA) is 13.1 Å². The Kier molecular flexibility index (Phi) is 2.76. The summed E-state index contributed by atoms with van der Waals surface area (Å²) < 4.78 is 9.08. The van der Waals surface area contributed by atoms with E-state index >= 15 is 0 Å². The molecule has 1 aromatic heterocycles. The van der Waals surface area contributed by atoms with Gasteiger partial charge in [-0.3, -0.25) is 0 Å². The van der Waals surface area contributed by atoms with Crippen LogP contribution in [-0.2, 0) is 0 Å². The highest BCUT2D eigenvalue weighted by molar-refractivity contribution is 14.1. The average Bonchev–Trinajstić information content (AvgIpc) is 2.57. The van der Waals surface area contributed by atoms with E-state index in [9.17, 15) is 0 Å². The number of benzene rings is 2. The van der Waals surface area contributed by atoms with Gasteiger partial charge >= 0.3 is 0 Å². The van der Waals surface area contributed by atoms with Crippen molar-refractivity contribution in [3.63, 3.8) is 0 Å². The summed E-state index contributed by atoms with van der Waals surface area (Å²) in [5.41, 5.74) is 1.86. The van der Waals surface area contributed by atoms with Gasteiger partial charge in [-0.2, -0.15) is 0 Å². The molecule has 1 heterocycles. The maximum Gasteiger partial charge on any atom is 0.148 e. The molecule has 80 valence electrons. The molecule has 0 unspecified atom stereocenters. The molecule has 4 heteroatoms. The SMILES string of the molecule is Brc1cc(Br)c2c(c1)oc1c(I)cccc12. The van der Waals surface area contributed by atoms with Gasteiger partial charge in [0.2, 0.25) is 0 Å². The minimum absolute atomic E-state index is 0.903. The lowest BCUT2D eigenvalue weighted by molar-refractivity contribution is 0.666. The van der Waals surface area contributed by atoms with Crippen LogP contribution in [0.15, 0.2) is 43.7 Å². The zero-order valence-corrected chi connectivity index (χ0v) is 13.3. The highest BCUT2D eigenvalue weighted by atomic mass is 127. The van der Waals surface area contributed by atoms with E-state index in [0.29, 0.717) is 0 Å². The summed E-state index contributed by atoms with van der Waals surface area (Å²) in [4.78, 5) is 0. The Morgan fingerprint density at radius 2 is 1.94 bits per heavy atom. The van der Waals surface area contributed by atoms with Gasteiger partial charge in [0.25, 0.3) is 0 Å². The molecule has 0 amide bonds. The Morgan fingerprint density at radius 3 is 2.75 bits per heavy atom. The molecule has 1 nitrogen and oxygen atoms in total. The molecular weight excluding hydrogens is 447 g/mol. The number of rotatable bonds is 0. The first kappa shape index (κ1) is 11.0. The molecule has 0 radical (unpaired) electrons. The van der Waals surface area contributed by atoms with E-state index < -0.39 is 0 Å². The second-order valence-corrected chi connectivity index (χ2v) is 6.41. The zero-order valence-electron chi connectivity index (χ0n) is 7.93. The lowest BCUT2D eigenvalue weighted by Gasteiger charge is -1.95. The summed E-state index contributed by atoms with van der Waals surface area (Å²) in [6, 6.07) is 10.2. The van der Waals surface area contributed by atoms with Gasteiger partial charge in [0.15, 0.2) is 0 Å². The molecule has 0 fully saturated rings. The predicted octanol–water partition coefficient (Wildman–Crippen LogP) is 5.72. The van der Waals surface area contributed by atoms with Gasteiger partial charge in [0.1, 0.15) is 11.2 Å². The summed E-state index contributed by atoms with van der Waals surface area (Å²) >= 11 is 9.34. The standard InChI is InChI=1S/C12H5Br2IO/c13-6-4-8(14)11-7-2-1-3-9(15)12(7)16-10(11)5-6/h1-5H. The fourth-order valence-corrected chi connectivity index (χ4v) is 3.82. The van der Waals surface area contributed by atoms with Crippen molar-refractivity contribution in [2.75, 3.05) is 0 Å². The molecule has 0 aliphatic rings. The van der Waals surface area contributed by atoms with Crippen LogP contribution in [0.1, 0.15) is 0 Å². The number of halogens is 3. The number of fused-ring (bicyclic) bond motifs is 3. The summed E-state index contributed by atoms with van der Waals surface area (Å²) in [6.07, 6.45) is 0. The van der Waals surface area contributed by atoms with Gasteiger partial charge in [-0.1, -0.05) is 28.1 Å². The first-order chi connectivity index (χ1) is 7.66. The predicted molar refractivity (Wildman–Crippen MR) is 81.8 cm³/mol. The van der Waals surface area contributed by atoms with Crippen molar-refractivity contribution in [1.82, 2.24) is 0 Å². The number of hydrogen-bond acceptors (Lipinski definition) is 1. The van der Waals surface area contributed by atoms with Crippen LogP contribution in [0.4, 0.5) is 0 Å². The molecule has 0 aliphatic heterocycles. The molecule has 16 heavy (non-hydrogen) atoms. The van der Waals surface area contributed by atoms with E-state index in [1.807, 2.05) is 24.3 Å². The van der Waals surface area contributed by atoms with Crippen molar-refractivity contribution in [1.29, 1.82) is 0 Å². The van der Waals surface area contributed by atoms with E-state index in [1.54, 1.807) is 0 Å². The van der Waals surface area contributed by atoms with E-state index in [2.05, 4.69) is 60.5 Å². The Balaban J connectivity index is 2.61. The lowest BCUT2D eigenvalue weighted by Crippen LogP contribution is -1.72. The summed E-state index contributed by atoms with van der Waals surface area (Å²) in [5.74, 6) is 0. The van der Waals surface area contributed by atoms with Crippen LogP contribution in [0.3, 0.4) is 0 Å². The van der Waals surface area contributed by atoms with Crippen LogP contribution in [0.25, 0.3) is 21.9 Å². The highest BCUT2D eigenvalue weighted by Crippen LogP contribution is 2.37. The molecule has 2 aromatic carbocycles. The van der Waals surface area contributed by atoms with Crippen LogP contribution in [-0.4, -0.2) is 0 Å². The normalized spacial score (nSPS) is 11.4. The molecular formula is C12H5Br2IO. The first-order valence-electron chi connectivity index (χ1n) is 4.62. The monoisotopic (exact) mass is 450 g/mol. The third-order valence-electron chi connectivity index (χ3n) is 2.47. The smallest absolute Gasteiger partial charge is 0.148 e. The zero-order chi connectivity index (χ0) is 11.3. The minimum Gasteiger partial charge on any atom is -0.455 e. The molecule has 0 N–H and O–H groups in total. The highest BCUT2D eigenvalue weighted by Gasteiger charge is 2.12. The van der Waals surface area contributed by atoms with Gasteiger partial charge in [-0.15, -0.1) is 0 Å². The van der Waals surface area contributed by atoms with E-state index in [1.165, 1.54) is 0 Å². The average molecular weight is 452 g/mol. The van der Waals surface area contributed by atoms with Crippen molar-refractivity contribution in [2.24, 2.45) is 0 Å². The van der Waals surface area contributed by atoms with E-state index in [-0.39, 0.29) is 0 Å². The van der Waals surface area contributed by atoms with Gasteiger partial charge in [0.05, 0.1) is 3.57 Å². The van der Waals surface area contributed by atoms with E-state index in [4.69, 9.17) is 4.42 Å². The van der Waals surface area contributed by atoms with Gasteiger partial charge in [0, 0.05) is 19.7 Å². The largest absolute Gasteiger partial charge is 0.455 e. The van der Waals surface area contributed by atoms with Crippen LogP contribution in [0.5, 0.6) is 0 Å². The fourth-order valence-electron chi connectivity index (χ4n) is 1.81. The van der Waals surface area contributed by atoms with Crippen molar-refractivity contribution in [3.8, 4) is 0 Å². The summed E-state index contributed by atoms with van der Waals surface area (Å²) in [7, 11) is 0. The third kappa shape index (κ3) is 1.62. The van der Waals surface area contributed by atoms with Crippen molar-refractivity contribution < 1.29 is 4.42 Å². The number of hydrogen-bond donors (Lipinski definition) is 0. The minimum atomic E-state index is 0.903. The Bertz CT molecular complexity index is 703. The molecule has 0 aliphatic carbocycles. The van der Waals surface area contributed by atoms with Gasteiger partial charge < -0.3 is 4.42 Å². The lowest BCUT2D eigenvalue weighted by atomic mass is 10.1. The van der Waals surface area contributed by atoms with Gasteiger partial charge in [-0.05, 0) is 56.7 Å². The fraction of sp³-hybridized carbons (Fsp3) is 0.